The summed E-state index contributed by atoms with van der Waals surface area (Å²) in [5.41, 5.74) is 6.22. The van der Waals surface area contributed by atoms with Crippen molar-refractivity contribution in [3.05, 3.63) is 58.0 Å². The number of ketones is 2. The van der Waals surface area contributed by atoms with Gasteiger partial charge in [0.1, 0.15) is 41.1 Å². The molecule has 1 saturated heterocycles. The van der Waals surface area contributed by atoms with E-state index < -0.39 is 48.3 Å². The van der Waals surface area contributed by atoms with Gasteiger partial charge in [-0.25, -0.2) is 9.08 Å². The van der Waals surface area contributed by atoms with Gasteiger partial charge in [0.15, 0.2) is 4.33 Å². The van der Waals surface area contributed by atoms with Gasteiger partial charge in [0.05, 0.1) is 18.5 Å². The van der Waals surface area contributed by atoms with Crippen LogP contribution < -0.4 is 15.8 Å². The number of anilines is 1. The number of hydrogen-bond donors (Lipinski definition) is 3. The Labute approximate surface area is 245 Å². The number of hydrogen-bond acceptors (Lipinski definition) is 10. The predicted molar refractivity (Wildman–Crippen MR) is 153 cm³/mol. The molecule has 2 aromatic heterocycles. The van der Waals surface area contributed by atoms with E-state index in [2.05, 4.69) is 10.1 Å². The van der Waals surface area contributed by atoms with E-state index in [1.54, 1.807) is 31.2 Å². The summed E-state index contributed by atoms with van der Waals surface area (Å²) in [5.74, 6) is -0.822. The number of ether oxygens (including phenoxy) is 1. The zero-order valence-electron chi connectivity index (χ0n) is 22.6. The first-order valence-electron chi connectivity index (χ1n) is 12.8. The van der Waals surface area contributed by atoms with E-state index in [-0.39, 0.29) is 47.1 Å². The number of Topliss-reactive ketones (excluding diaryl/α,β-unsaturated/α-hetero) is 2. The van der Waals surface area contributed by atoms with Gasteiger partial charge in [-0.1, -0.05) is 48.3 Å². The minimum atomic E-state index is -4.04. The lowest BCUT2D eigenvalue weighted by Gasteiger charge is -2.25. The number of benzene rings is 1. The minimum absolute atomic E-state index is 0.0183. The maximum atomic E-state index is 14.0. The molecule has 4 rings (SSSR count). The quantitative estimate of drug-likeness (QED) is 0.198. The summed E-state index contributed by atoms with van der Waals surface area (Å²) >= 11 is 13.1. The van der Waals surface area contributed by atoms with Crippen molar-refractivity contribution in [1.29, 1.82) is 0 Å². The van der Waals surface area contributed by atoms with Gasteiger partial charge in [-0.05, 0) is 44.0 Å². The van der Waals surface area contributed by atoms with Gasteiger partial charge < -0.3 is 24.9 Å². The molecule has 0 amide bonds. The second kappa shape index (κ2) is 12.2. The standard InChI is InChI=1S/C26H31Cl2N4O8P/c1-14(16(3)34)13-41(37,40-20-7-5-4-6-17(20)9-8-15(2)33)38-12-21-22(35)26(27,28)23(39-21)18-10-11-19-24(36)30-25(29)31-32(18)19/h4-7,10-11,14,21-23,35H,8-9,12-13H2,1-3H3,(H3,29,30,31,36)/t14-,21-,22+,23+,41?/m1/s1. The van der Waals surface area contributed by atoms with Crippen LogP contribution in [0.15, 0.2) is 41.2 Å². The van der Waals surface area contributed by atoms with Crippen molar-refractivity contribution in [3.63, 3.8) is 0 Å². The Hall–Kier alpha value is -2.73. The average molecular weight is 629 g/mol. The molecule has 3 aromatic rings. The van der Waals surface area contributed by atoms with Crippen LogP contribution >= 0.6 is 30.8 Å². The predicted octanol–water partition coefficient (Wildman–Crippen LogP) is 3.61. The molecule has 5 atom stereocenters. The number of carbonyl (C=O) groups excluding carboxylic acids is 2. The molecule has 1 fully saturated rings. The number of halogens is 2. The smallest absolute Gasteiger partial charge is 0.380 e. The fraction of sp³-hybridized carbons (Fsp3) is 0.462. The third kappa shape index (κ3) is 6.85. The van der Waals surface area contributed by atoms with E-state index in [9.17, 15) is 24.1 Å². The van der Waals surface area contributed by atoms with Gasteiger partial charge in [-0.2, -0.15) is 0 Å². The summed E-state index contributed by atoms with van der Waals surface area (Å²) in [6, 6.07) is 9.77. The van der Waals surface area contributed by atoms with Crippen LogP contribution in [0.1, 0.15) is 44.6 Å². The molecule has 1 unspecified atom stereocenters. The summed E-state index contributed by atoms with van der Waals surface area (Å²) in [6.07, 6.45) is -3.53. The number of H-pyrrole nitrogens is 1. The highest BCUT2D eigenvalue weighted by Crippen LogP contribution is 2.53. The molecule has 3 heterocycles. The third-order valence-corrected chi connectivity index (χ3v) is 9.68. The van der Waals surface area contributed by atoms with Crippen LogP contribution in [-0.4, -0.2) is 60.6 Å². The minimum Gasteiger partial charge on any atom is -0.424 e. The molecule has 222 valence electrons. The SMILES string of the molecule is CC(=O)CCc1ccccc1OP(=O)(C[C@@H](C)C(C)=O)OC[C@H]1O[C@@H](c2ccc3c(=O)[nH]c(N)nn23)C(Cl)(Cl)[C@H]1O. The molecule has 0 spiro atoms. The first-order valence-corrected chi connectivity index (χ1v) is 15.3. The van der Waals surface area contributed by atoms with Crippen molar-refractivity contribution in [1.82, 2.24) is 14.6 Å². The van der Waals surface area contributed by atoms with Crippen molar-refractivity contribution in [3.8, 4) is 5.75 Å². The largest absolute Gasteiger partial charge is 0.424 e. The Balaban J connectivity index is 1.58. The number of alkyl halides is 2. The molecule has 4 N–H and O–H groups in total. The van der Waals surface area contributed by atoms with Crippen molar-refractivity contribution in [2.24, 2.45) is 5.92 Å². The maximum absolute atomic E-state index is 14.0. The van der Waals surface area contributed by atoms with E-state index in [0.717, 1.165) is 0 Å². The Morgan fingerprint density at radius 1 is 1.27 bits per heavy atom. The highest BCUT2D eigenvalue weighted by molar-refractivity contribution is 7.54. The van der Waals surface area contributed by atoms with E-state index in [0.29, 0.717) is 12.0 Å². The summed E-state index contributed by atoms with van der Waals surface area (Å²) < 4.78 is 31.0. The Bertz CT molecular complexity index is 1560. The van der Waals surface area contributed by atoms with Crippen LogP contribution in [0.25, 0.3) is 5.52 Å². The van der Waals surface area contributed by atoms with E-state index in [1.165, 1.54) is 30.5 Å². The first kappa shape index (κ1) is 31.2. The van der Waals surface area contributed by atoms with Gasteiger partial charge in [-0.15, -0.1) is 5.10 Å². The number of carbonyl (C=O) groups is 2. The summed E-state index contributed by atoms with van der Waals surface area (Å²) in [5, 5.41) is 15.1. The van der Waals surface area contributed by atoms with Crippen LogP contribution in [0, 0.1) is 5.92 Å². The number of nitrogens with two attached hydrogens (primary N) is 1. The second-order valence-electron chi connectivity index (χ2n) is 10.1. The number of nitrogens with one attached hydrogen (secondary N) is 1. The topological polar surface area (TPSA) is 175 Å². The number of nitrogen functional groups attached to an aromatic ring is 1. The van der Waals surface area contributed by atoms with Crippen LogP contribution in [0.4, 0.5) is 5.95 Å². The van der Waals surface area contributed by atoms with Gasteiger partial charge in [0.2, 0.25) is 5.95 Å². The van der Waals surface area contributed by atoms with Gasteiger partial charge >= 0.3 is 7.60 Å². The van der Waals surface area contributed by atoms with Crippen LogP contribution in [0.5, 0.6) is 5.75 Å². The zero-order chi connectivity index (χ0) is 30.1. The number of fused-ring (bicyclic) bond motifs is 1. The van der Waals surface area contributed by atoms with E-state index in [4.69, 9.17) is 42.7 Å². The molecule has 15 heteroatoms. The average Bonchev–Trinajstić information content (AvgIpc) is 3.40. The maximum Gasteiger partial charge on any atom is 0.380 e. The summed E-state index contributed by atoms with van der Waals surface area (Å²) in [7, 11) is -4.04. The van der Waals surface area contributed by atoms with Crippen LogP contribution in [-0.2, 0) is 29.8 Å². The van der Waals surface area contributed by atoms with E-state index in [1.807, 2.05) is 0 Å². The zero-order valence-corrected chi connectivity index (χ0v) is 25.0. The van der Waals surface area contributed by atoms with Gasteiger partial charge in [0, 0.05) is 12.3 Å². The molecule has 0 saturated carbocycles. The fourth-order valence-electron chi connectivity index (χ4n) is 4.41. The Morgan fingerprint density at radius 2 is 1.98 bits per heavy atom. The van der Waals surface area contributed by atoms with Crippen molar-refractivity contribution in [2.45, 2.75) is 56.3 Å². The summed E-state index contributed by atoms with van der Waals surface area (Å²) in [6.45, 7) is 3.98. The molecule has 0 bridgehead atoms. The van der Waals surface area contributed by atoms with Crippen molar-refractivity contribution < 1.29 is 33.0 Å². The molecular formula is C26H31Cl2N4O8P. The number of aromatic amines is 1. The van der Waals surface area contributed by atoms with Gasteiger partial charge in [0.25, 0.3) is 5.56 Å². The highest BCUT2D eigenvalue weighted by Gasteiger charge is 2.56. The first-order chi connectivity index (χ1) is 19.2. The number of aliphatic hydroxyl groups excluding tert-OH is 1. The lowest BCUT2D eigenvalue weighted by atomic mass is 10.1. The molecule has 0 radical (unpaired) electrons. The number of aromatic nitrogens is 3. The van der Waals surface area contributed by atoms with Crippen LogP contribution in [0.3, 0.4) is 0 Å². The normalized spacial score (nSPS) is 22.3. The number of aliphatic hydroxyl groups is 1. The van der Waals surface area contributed by atoms with Crippen molar-refractivity contribution in [2.75, 3.05) is 18.5 Å². The summed E-state index contributed by atoms with van der Waals surface area (Å²) in [4.78, 5) is 38.2. The molecule has 1 aliphatic rings. The van der Waals surface area contributed by atoms with Crippen molar-refractivity contribution >= 4 is 53.8 Å². The second-order valence-corrected chi connectivity index (χ2v) is 13.5. The highest BCUT2D eigenvalue weighted by atomic mass is 35.5. The molecule has 12 nitrogen and oxygen atoms in total. The number of rotatable bonds is 12. The molecule has 0 aliphatic carbocycles. The number of aryl methyl sites for hydroxylation is 1. The molecule has 41 heavy (non-hydrogen) atoms. The molecular weight excluding hydrogens is 598 g/mol. The van der Waals surface area contributed by atoms with E-state index >= 15 is 0 Å². The Kier molecular flexibility index (Phi) is 9.32. The number of para-hydroxylation sites is 1. The van der Waals surface area contributed by atoms with Gasteiger partial charge in [-0.3, -0.25) is 19.1 Å². The fourth-order valence-corrected chi connectivity index (χ4v) is 7.03. The lowest BCUT2D eigenvalue weighted by molar-refractivity contribution is -0.120. The number of nitrogens with zero attached hydrogens (tertiary/aromatic N) is 2. The molecule has 1 aliphatic heterocycles. The Morgan fingerprint density at radius 3 is 2.66 bits per heavy atom. The lowest BCUT2D eigenvalue weighted by Crippen LogP contribution is -2.37. The third-order valence-electron chi connectivity index (χ3n) is 6.83. The van der Waals surface area contributed by atoms with Crippen LogP contribution in [0.2, 0.25) is 0 Å². The monoisotopic (exact) mass is 628 g/mol. The molecule has 1 aromatic carbocycles.